The fourth-order valence-corrected chi connectivity index (χ4v) is 0.410. The van der Waals surface area contributed by atoms with E-state index in [-0.39, 0.29) is 5.92 Å². The normalized spacial score (nSPS) is 13.3. The zero-order valence-electron chi connectivity index (χ0n) is 6.46. The van der Waals surface area contributed by atoms with Crippen molar-refractivity contribution in [1.29, 1.82) is 0 Å². The van der Waals surface area contributed by atoms with Crippen molar-refractivity contribution >= 4 is 5.97 Å². The van der Waals surface area contributed by atoms with E-state index in [1.165, 1.54) is 7.11 Å². The Balaban J connectivity index is 3.71. The van der Waals surface area contributed by atoms with E-state index in [9.17, 15) is 4.79 Å². The Morgan fingerprint density at radius 3 is 2.30 bits per heavy atom. The van der Waals surface area contributed by atoms with Crippen LogP contribution in [0.5, 0.6) is 0 Å². The predicted molar refractivity (Wildman–Crippen MR) is 35.9 cm³/mol. The number of rotatable bonds is 3. The minimum Gasteiger partial charge on any atom is -0.318 e. The predicted octanol–water partition coefficient (Wildman–Crippen LogP) is 0.0743. The van der Waals surface area contributed by atoms with E-state index in [1.807, 2.05) is 13.8 Å². The van der Waals surface area contributed by atoms with Crippen molar-refractivity contribution in [3.63, 3.8) is 0 Å². The lowest BCUT2D eigenvalue weighted by Crippen LogP contribution is -2.36. The Hall–Kier alpha value is -0.610. The van der Waals surface area contributed by atoms with Gasteiger partial charge in [0.15, 0.2) is 0 Å². The minimum atomic E-state index is -0.597. The second-order valence-corrected chi connectivity index (χ2v) is 2.34. The van der Waals surface area contributed by atoms with Gasteiger partial charge in [0.05, 0.1) is 7.11 Å². The number of carbonyl (C=O) groups is 1. The molecule has 0 unspecified atom stereocenters. The van der Waals surface area contributed by atoms with Crippen LogP contribution in [0.25, 0.3) is 0 Å². The third-order valence-corrected chi connectivity index (χ3v) is 1.16. The molecule has 0 aliphatic carbocycles. The summed E-state index contributed by atoms with van der Waals surface area (Å²) < 4.78 is 0. The summed E-state index contributed by atoms with van der Waals surface area (Å²) in [5, 5.41) is 0. The van der Waals surface area contributed by atoms with Crippen molar-refractivity contribution in [2.45, 2.75) is 19.9 Å². The zero-order valence-corrected chi connectivity index (χ0v) is 6.46. The van der Waals surface area contributed by atoms with Crippen LogP contribution in [-0.2, 0) is 14.6 Å². The summed E-state index contributed by atoms with van der Waals surface area (Å²) in [4.78, 5) is 19.1. The van der Waals surface area contributed by atoms with E-state index in [1.54, 1.807) is 0 Å². The van der Waals surface area contributed by atoms with Gasteiger partial charge in [0.1, 0.15) is 6.04 Å². The lowest BCUT2D eigenvalue weighted by atomic mass is 10.1. The highest BCUT2D eigenvalue weighted by molar-refractivity contribution is 5.75. The first-order valence-electron chi connectivity index (χ1n) is 3.09. The van der Waals surface area contributed by atoms with E-state index in [4.69, 9.17) is 5.73 Å². The lowest BCUT2D eigenvalue weighted by Gasteiger charge is -2.11. The molecule has 1 atom stereocenters. The first-order valence-corrected chi connectivity index (χ1v) is 3.09. The first kappa shape index (κ1) is 9.39. The lowest BCUT2D eigenvalue weighted by molar-refractivity contribution is -0.257. The highest BCUT2D eigenvalue weighted by Gasteiger charge is 2.18. The van der Waals surface area contributed by atoms with Crippen molar-refractivity contribution < 1.29 is 14.6 Å². The van der Waals surface area contributed by atoms with Crippen molar-refractivity contribution in [3.05, 3.63) is 0 Å². The van der Waals surface area contributed by atoms with Gasteiger partial charge in [-0.15, -0.1) is 0 Å². The first-order chi connectivity index (χ1) is 4.59. The van der Waals surface area contributed by atoms with Gasteiger partial charge in [0, 0.05) is 0 Å². The molecular formula is C6H13NO3. The summed E-state index contributed by atoms with van der Waals surface area (Å²) in [5.74, 6) is -0.458. The monoisotopic (exact) mass is 147 g/mol. The minimum absolute atomic E-state index is 0.0719. The van der Waals surface area contributed by atoms with Crippen molar-refractivity contribution in [2.24, 2.45) is 11.7 Å². The van der Waals surface area contributed by atoms with Crippen LogP contribution in [0.1, 0.15) is 13.8 Å². The van der Waals surface area contributed by atoms with Crippen LogP contribution >= 0.6 is 0 Å². The fraction of sp³-hybridized carbons (Fsp3) is 0.833. The summed E-state index contributed by atoms with van der Waals surface area (Å²) in [7, 11) is 1.27. The van der Waals surface area contributed by atoms with Crippen LogP contribution in [0.4, 0.5) is 0 Å². The molecule has 0 amide bonds. The van der Waals surface area contributed by atoms with Crippen molar-refractivity contribution in [1.82, 2.24) is 0 Å². The smallest absolute Gasteiger partial charge is 0.318 e. The summed E-state index contributed by atoms with van der Waals surface area (Å²) in [5.41, 5.74) is 5.39. The molecule has 10 heavy (non-hydrogen) atoms. The maximum absolute atomic E-state index is 10.7. The molecule has 2 N–H and O–H groups in total. The molecule has 0 bridgehead atoms. The van der Waals surface area contributed by atoms with Gasteiger partial charge in [-0.2, -0.15) is 4.89 Å². The molecule has 0 heterocycles. The maximum Gasteiger partial charge on any atom is 0.359 e. The second-order valence-electron chi connectivity index (χ2n) is 2.34. The molecule has 60 valence electrons. The van der Waals surface area contributed by atoms with Crippen LogP contribution in [0.3, 0.4) is 0 Å². The van der Waals surface area contributed by atoms with Crippen LogP contribution in [0.15, 0.2) is 0 Å². The summed E-state index contributed by atoms with van der Waals surface area (Å²) >= 11 is 0. The number of hydrogen-bond donors (Lipinski definition) is 1. The van der Waals surface area contributed by atoms with Gasteiger partial charge in [-0.05, 0) is 5.92 Å². The third kappa shape index (κ3) is 2.80. The Labute approximate surface area is 60.2 Å². The van der Waals surface area contributed by atoms with Gasteiger partial charge < -0.3 is 5.73 Å². The molecule has 0 rings (SSSR count). The maximum atomic E-state index is 10.7. The van der Waals surface area contributed by atoms with E-state index in [0.29, 0.717) is 0 Å². The van der Waals surface area contributed by atoms with Gasteiger partial charge in [0.25, 0.3) is 0 Å². The SMILES string of the molecule is COOC(=O)[C@@H](N)C(C)C. The van der Waals surface area contributed by atoms with Crippen LogP contribution in [-0.4, -0.2) is 19.1 Å². The average Bonchev–Trinajstić information content (AvgIpc) is 1.87. The zero-order chi connectivity index (χ0) is 8.15. The Morgan fingerprint density at radius 2 is 2.00 bits per heavy atom. The molecule has 0 aliphatic rings. The molecule has 0 aromatic rings. The van der Waals surface area contributed by atoms with E-state index in [2.05, 4.69) is 9.78 Å². The second kappa shape index (κ2) is 4.24. The van der Waals surface area contributed by atoms with Gasteiger partial charge in [-0.3, -0.25) is 4.89 Å². The number of hydrogen-bond acceptors (Lipinski definition) is 4. The quantitative estimate of drug-likeness (QED) is 0.453. The number of carbonyl (C=O) groups excluding carboxylic acids is 1. The van der Waals surface area contributed by atoms with Gasteiger partial charge in [-0.25, -0.2) is 4.79 Å². The van der Waals surface area contributed by atoms with E-state index >= 15 is 0 Å². The molecule has 0 radical (unpaired) electrons. The standard InChI is InChI=1S/C6H13NO3/c1-4(2)5(7)6(8)10-9-3/h4-5H,7H2,1-3H3/t5-/m0/s1. The Bertz CT molecular complexity index is 114. The van der Waals surface area contributed by atoms with Crippen molar-refractivity contribution in [2.75, 3.05) is 7.11 Å². The molecule has 0 aliphatic heterocycles. The molecule has 0 spiro atoms. The Morgan fingerprint density at radius 1 is 1.50 bits per heavy atom. The molecule has 0 saturated heterocycles. The summed E-state index contributed by atoms with van der Waals surface area (Å²) in [6.07, 6.45) is 0. The molecule has 4 nitrogen and oxygen atoms in total. The molecule has 0 saturated carbocycles. The van der Waals surface area contributed by atoms with E-state index < -0.39 is 12.0 Å². The highest BCUT2D eigenvalue weighted by Crippen LogP contribution is 1.99. The fourth-order valence-electron chi connectivity index (χ4n) is 0.410. The van der Waals surface area contributed by atoms with Crippen LogP contribution in [0, 0.1) is 5.92 Å². The third-order valence-electron chi connectivity index (χ3n) is 1.16. The molecule has 4 heteroatoms. The van der Waals surface area contributed by atoms with Crippen LogP contribution in [0.2, 0.25) is 0 Å². The highest BCUT2D eigenvalue weighted by atomic mass is 17.2. The van der Waals surface area contributed by atoms with Crippen molar-refractivity contribution in [3.8, 4) is 0 Å². The van der Waals surface area contributed by atoms with Gasteiger partial charge in [0.2, 0.25) is 0 Å². The largest absolute Gasteiger partial charge is 0.359 e. The Kier molecular flexibility index (Phi) is 3.99. The van der Waals surface area contributed by atoms with Crippen LogP contribution < -0.4 is 5.73 Å². The summed E-state index contributed by atoms with van der Waals surface area (Å²) in [6, 6.07) is -0.597. The summed E-state index contributed by atoms with van der Waals surface area (Å²) in [6.45, 7) is 3.67. The van der Waals surface area contributed by atoms with Gasteiger partial charge in [-0.1, -0.05) is 13.8 Å². The molecule has 0 aromatic heterocycles. The molecule has 0 aromatic carbocycles. The van der Waals surface area contributed by atoms with E-state index in [0.717, 1.165) is 0 Å². The molecule has 0 fully saturated rings. The topological polar surface area (TPSA) is 61.5 Å². The average molecular weight is 147 g/mol. The van der Waals surface area contributed by atoms with Gasteiger partial charge >= 0.3 is 5.97 Å². The number of nitrogens with two attached hydrogens (primary N) is 1. The molecular weight excluding hydrogens is 134 g/mol.